The van der Waals surface area contributed by atoms with Crippen LogP contribution in [0.2, 0.25) is 0 Å². The fourth-order valence-electron chi connectivity index (χ4n) is 8.00. The molecule has 7 atom stereocenters. The first-order chi connectivity index (χ1) is 27.7. The molecule has 2 aliphatic heterocycles. The predicted molar refractivity (Wildman–Crippen MR) is 219 cm³/mol. The number of sulfonamides is 1. The minimum Gasteiger partial charge on any atom is -0.497 e. The van der Waals surface area contributed by atoms with Gasteiger partial charge in [0.25, 0.3) is 5.91 Å². The van der Waals surface area contributed by atoms with Crippen LogP contribution in [0.4, 0.5) is 4.79 Å². The van der Waals surface area contributed by atoms with E-state index < -0.39 is 79.7 Å². The van der Waals surface area contributed by atoms with Crippen molar-refractivity contribution in [3.63, 3.8) is 0 Å². The number of fused-ring (bicyclic) bond motifs is 3. The molecule has 3 N–H and O–H groups in total. The molecule has 16 nitrogen and oxygen atoms in total. The molecule has 59 heavy (non-hydrogen) atoms. The highest BCUT2D eigenvalue weighted by Gasteiger charge is 2.63. The monoisotopic (exact) mass is 840 g/mol. The van der Waals surface area contributed by atoms with Gasteiger partial charge in [-0.25, -0.2) is 23.2 Å². The van der Waals surface area contributed by atoms with E-state index in [4.69, 9.17) is 28.9 Å². The summed E-state index contributed by atoms with van der Waals surface area (Å²) in [5.41, 5.74) is -0.683. The van der Waals surface area contributed by atoms with E-state index in [1.165, 1.54) is 12.0 Å². The zero-order chi connectivity index (χ0) is 43.1. The Morgan fingerprint density at radius 2 is 1.81 bits per heavy atom. The van der Waals surface area contributed by atoms with Crippen molar-refractivity contribution < 1.29 is 46.5 Å². The molecular weight excluding hydrogens is 781 g/mol. The molecule has 1 aromatic carbocycles. The predicted octanol–water partition coefficient (Wildman–Crippen LogP) is 4.52. The molecule has 0 spiro atoms. The fourth-order valence-corrected chi connectivity index (χ4v) is 9.32. The second-order valence-electron chi connectivity index (χ2n) is 18.2. The number of hydrogen-bond acceptors (Lipinski definition) is 12. The Bertz CT molecular complexity index is 2080. The van der Waals surface area contributed by atoms with Gasteiger partial charge in [-0.15, -0.1) is 0 Å². The first kappa shape index (κ1) is 44.1. The lowest BCUT2D eigenvalue weighted by Gasteiger charge is -2.34. The number of amides is 4. The number of alkyl carbamates (subject to hydrolysis) is 1. The molecule has 324 valence electrons. The van der Waals surface area contributed by atoms with Gasteiger partial charge in [0, 0.05) is 37.4 Å². The van der Waals surface area contributed by atoms with Crippen LogP contribution in [-0.2, 0) is 33.9 Å². The number of aromatic nitrogens is 2. The smallest absolute Gasteiger partial charge is 0.408 e. The van der Waals surface area contributed by atoms with Crippen molar-refractivity contribution in [2.75, 3.05) is 27.4 Å². The SMILES string of the molecule is COCC1CC(C)CCC=CC2CC2(C(=O)NS(=O)(=O)C2(C)CC2)NC(=O)C2CC(Oc3nc4cc(OC)ccc4nc3C(C)C)CN2C(=O)C1NC(=O)OC(C)(C)C. The van der Waals surface area contributed by atoms with Gasteiger partial charge in [-0.1, -0.05) is 32.9 Å². The first-order valence-electron chi connectivity index (χ1n) is 20.6. The fraction of sp³-hybridized carbons (Fsp3) is 0.667. The molecule has 4 amide bonds. The van der Waals surface area contributed by atoms with Gasteiger partial charge in [-0.3, -0.25) is 19.1 Å². The van der Waals surface area contributed by atoms with Gasteiger partial charge in [-0.2, -0.15) is 0 Å². The van der Waals surface area contributed by atoms with Crippen molar-refractivity contribution in [3.8, 4) is 11.6 Å². The van der Waals surface area contributed by atoms with Crippen LogP contribution >= 0.6 is 0 Å². The van der Waals surface area contributed by atoms with Crippen LogP contribution in [0.5, 0.6) is 11.6 Å². The molecule has 4 aliphatic rings. The lowest BCUT2D eigenvalue weighted by Crippen LogP contribution is -2.60. The third-order valence-electron chi connectivity index (χ3n) is 11.8. The summed E-state index contributed by atoms with van der Waals surface area (Å²) in [5.74, 6) is -2.24. The Kier molecular flexibility index (Phi) is 12.6. The highest BCUT2D eigenvalue weighted by molar-refractivity contribution is 7.91. The van der Waals surface area contributed by atoms with E-state index in [1.54, 1.807) is 46.9 Å². The van der Waals surface area contributed by atoms with Gasteiger partial charge in [0.1, 0.15) is 40.8 Å². The zero-order valence-electron chi connectivity index (χ0n) is 35.6. The minimum atomic E-state index is -4.03. The van der Waals surface area contributed by atoms with E-state index in [-0.39, 0.29) is 43.7 Å². The molecule has 17 heteroatoms. The number of allylic oxidation sites excluding steroid dienone is 1. The van der Waals surface area contributed by atoms with Crippen molar-refractivity contribution in [1.82, 2.24) is 30.2 Å². The topological polar surface area (TPSA) is 204 Å². The standard InChI is InChI=1S/C42H60N6O10S/c1-24(2)33-36(44-31-19-28(56-9)14-15-30(31)43-33)57-29-20-32-35(49)46-42(38(51)47-59(53,54)41(7)16-17-41)21-27(42)13-11-10-12-25(3)18-26(23-55-8)34(37(50)48(32)22-29)45-39(52)58-40(4,5)6/h11,13-15,19,24-27,29,32,34H,10,12,16-18,20-23H2,1-9H3,(H,45,52)(H,46,49)(H,47,51). The third-order valence-corrected chi connectivity index (χ3v) is 14.0. The van der Waals surface area contributed by atoms with Crippen LogP contribution in [0, 0.1) is 17.8 Å². The summed E-state index contributed by atoms with van der Waals surface area (Å²) >= 11 is 0. The number of carbonyl (C=O) groups is 4. The van der Waals surface area contributed by atoms with Crippen LogP contribution in [0.1, 0.15) is 105 Å². The Morgan fingerprint density at radius 3 is 2.46 bits per heavy atom. The van der Waals surface area contributed by atoms with Crippen LogP contribution < -0.4 is 24.8 Å². The molecule has 2 saturated carbocycles. The van der Waals surface area contributed by atoms with Crippen LogP contribution in [0.25, 0.3) is 11.0 Å². The Hall–Kier alpha value is -4.51. The van der Waals surface area contributed by atoms with E-state index >= 15 is 4.79 Å². The molecule has 0 bridgehead atoms. The van der Waals surface area contributed by atoms with Crippen LogP contribution in [0.15, 0.2) is 30.4 Å². The normalized spacial score (nSPS) is 28.4. The number of carbonyl (C=O) groups excluding carboxylic acids is 4. The number of ether oxygens (including phenoxy) is 4. The number of hydrogen-bond donors (Lipinski definition) is 3. The van der Waals surface area contributed by atoms with Crippen molar-refractivity contribution in [3.05, 3.63) is 36.0 Å². The molecule has 7 unspecified atom stereocenters. The van der Waals surface area contributed by atoms with E-state index in [1.807, 2.05) is 32.1 Å². The average Bonchev–Trinajstić information content (AvgIpc) is 4.03. The van der Waals surface area contributed by atoms with Crippen molar-refractivity contribution >= 4 is 44.9 Å². The highest BCUT2D eigenvalue weighted by atomic mass is 32.2. The lowest BCUT2D eigenvalue weighted by atomic mass is 9.87. The van der Waals surface area contributed by atoms with E-state index in [9.17, 15) is 22.8 Å². The van der Waals surface area contributed by atoms with E-state index in [2.05, 4.69) is 22.3 Å². The summed E-state index contributed by atoms with van der Waals surface area (Å²) in [6.45, 7) is 12.8. The van der Waals surface area contributed by atoms with Crippen LogP contribution in [-0.4, -0.2) is 109 Å². The molecule has 2 aromatic rings. The van der Waals surface area contributed by atoms with Gasteiger partial charge in [-0.05, 0) is 84.3 Å². The Morgan fingerprint density at radius 1 is 1.08 bits per heavy atom. The Balaban J connectivity index is 1.39. The number of methoxy groups -OCH3 is 2. The number of benzene rings is 1. The summed E-state index contributed by atoms with van der Waals surface area (Å²) in [5, 5.41) is 5.74. The lowest BCUT2D eigenvalue weighted by molar-refractivity contribution is -0.142. The van der Waals surface area contributed by atoms with Crippen molar-refractivity contribution in [2.45, 2.75) is 133 Å². The van der Waals surface area contributed by atoms with Gasteiger partial charge in [0.15, 0.2) is 0 Å². The maximum Gasteiger partial charge on any atom is 0.408 e. The quantitative estimate of drug-likeness (QED) is 0.283. The second kappa shape index (κ2) is 16.9. The van der Waals surface area contributed by atoms with Crippen molar-refractivity contribution in [2.24, 2.45) is 17.8 Å². The second-order valence-corrected chi connectivity index (χ2v) is 20.4. The molecule has 2 aliphatic carbocycles. The molecule has 1 aromatic heterocycles. The van der Waals surface area contributed by atoms with E-state index in [0.29, 0.717) is 54.6 Å². The summed E-state index contributed by atoms with van der Waals surface area (Å²) in [6, 6.07) is 2.99. The summed E-state index contributed by atoms with van der Waals surface area (Å²) < 4.78 is 51.0. The first-order valence-corrected chi connectivity index (χ1v) is 22.0. The van der Waals surface area contributed by atoms with Gasteiger partial charge < -0.3 is 34.5 Å². The number of nitrogens with zero attached hydrogens (tertiary/aromatic N) is 3. The average molecular weight is 841 g/mol. The molecule has 0 radical (unpaired) electrons. The molecule has 3 heterocycles. The van der Waals surface area contributed by atoms with Crippen LogP contribution in [0.3, 0.4) is 0 Å². The highest BCUT2D eigenvalue weighted by Crippen LogP contribution is 2.47. The molecule has 1 saturated heterocycles. The maximum atomic E-state index is 15.1. The van der Waals surface area contributed by atoms with Crippen molar-refractivity contribution in [1.29, 1.82) is 0 Å². The molecular formula is C42H60N6O10S. The summed E-state index contributed by atoms with van der Waals surface area (Å²) in [4.78, 5) is 68.3. The van der Waals surface area contributed by atoms with Gasteiger partial charge in [0.05, 0.1) is 36.0 Å². The number of rotatable bonds is 10. The zero-order valence-corrected chi connectivity index (χ0v) is 36.4. The largest absolute Gasteiger partial charge is 0.497 e. The third kappa shape index (κ3) is 9.77. The minimum absolute atomic E-state index is 0.00792. The maximum absolute atomic E-state index is 15.1. The molecule has 6 rings (SSSR count). The van der Waals surface area contributed by atoms with Gasteiger partial charge >= 0.3 is 6.09 Å². The summed E-state index contributed by atoms with van der Waals surface area (Å²) in [6.07, 6.45) is 5.10. The molecule has 3 fully saturated rings. The van der Waals surface area contributed by atoms with E-state index in [0.717, 1.165) is 0 Å². The number of nitrogens with one attached hydrogen (secondary N) is 3. The Labute approximate surface area is 347 Å². The summed E-state index contributed by atoms with van der Waals surface area (Å²) in [7, 11) is -0.943. The van der Waals surface area contributed by atoms with Gasteiger partial charge in [0.2, 0.25) is 27.7 Å².